The highest BCUT2D eigenvalue weighted by molar-refractivity contribution is 9.10. The summed E-state index contributed by atoms with van der Waals surface area (Å²) in [5, 5.41) is 3.25. The second kappa shape index (κ2) is 6.21. The summed E-state index contributed by atoms with van der Waals surface area (Å²) in [7, 11) is 1.52. The lowest BCUT2D eigenvalue weighted by atomic mass is 10.0. The van der Waals surface area contributed by atoms with Crippen molar-refractivity contribution in [3.05, 3.63) is 52.1 Å². The molecule has 2 rings (SSSR count). The van der Waals surface area contributed by atoms with E-state index >= 15 is 0 Å². The lowest BCUT2D eigenvalue weighted by molar-refractivity contribution is 0.410. The Hall–Kier alpha value is -1.33. The first-order valence-corrected chi connectivity index (χ1v) is 6.76. The largest absolute Gasteiger partial charge is 0.497 e. The van der Waals surface area contributed by atoms with Crippen LogP contribution in [0.1, 0.15) is 24.1 Å². The Kier molecular flexibility index (Phi) is 4.61. The van der Waals surface area contributed by atoms with E-state index in [9.17, 15) is 4.39 Å². The normalized spacial score (nSPS) is 12.4. The van der Waals surface area contributed by atoms with Gasteiger partial charge in [0.2, 0.25) is 0 Å². The van der Waals surface area contributed by atoms with Gasteiger partial charge in [-0.2, -0.15) is 0 Å². The smallest absolute Gasteiger partial charge is 0.174 e. The summed E-state index contributed by atoms with van der Waals surface area (Å²) in [4.78, 5) is 0. The fourth-order valence-electron chi connectivity index (χ4n) is 1.97. The van der Waals surface area contributed by atoms with Crippen LogP contribution in [0.5, 0.6) is 5.75 Å². The molecule has 5 heteroatoms. The number of benzene rings is 1. The molecule has 0 spiro atoms. The minimum Gasteiger partial charge on any atom is -0.497 e. The molecule has 0 aliphatic carbocycles. The van der Waals surface area contributed by atoms with Crippen molar-refractivity contribution in [2.75, 3.05) is 13.7 Å². The molecular weight excluding hydrogens is 313 g/mol. The molecule has 1 N–H and O–H groups in total. The van der Waals surface area contributed by atoms with Crippen LogP contribution in [0.4, 0.5) is 4.39 Å². The zero-order valence-electron chi connectivity index (χ0n) is 10.7. The van der Waals surface area contributed by atoms with Crippen LogP contribution in [0, 0.1) is 5.82 Å². The van der Waals surface area contributed by atoms with Crippen molar-refractivity contribution in [1.82, 2.24) is 5.32 Å². The van der Waals surface area contributed by atoms with Crippen LogP contribution >= 0.6 is 15.9 Å². The SMILES string of the molecule is CCNC(c1ccc(OC)cc1F)c1ccoc1Br. The van der Waals surface area contributed by atoms with Crippen molar-refractivity contribution in [2.45, 2.75) is 13.0 Å². The lowest BCUT2D eigenvalue weighted by Crippen LogP contribution is -2.22. The van der Waals surface area contributed by atoms with E-state index in [2.05, 4.69) is 21.2 Å². The van der Waals surface area contributed by atoms with Gasteiger partial charge < -0.3 is 14.5 Å². The fraction of sp³-hybridized carbons (Fsp3) is 0.286. The summed E-state index contributed by atoms with van der Waals surface area (Å²) < 4.78 is 25.0. The zero-order chi connectivity index (χ0) is 13.8. The molecule has 19 heavy (non-hydrogen) atoms. The number of rotatable bonds is 5. The number of hydrogen-bond acceptors (Lipinski definition) is 3. The topological polar surface area (TPSA) is 34.4 Å². The van der Waals surface area contributed by atoms with Gasteiger partial charge in [-0.05, 0) is 34.6 Å². The Balaban J connectivity index is 2.42. The molecule has 0 amide bonds. The number of halogens is 2. The van der Waals surface area contributed by atoms with E-state index in [0.29, 0.717) is 22.5 Å². The number of ether oxygens (including phenoxy) is 1. The Morgan fingerprint density at radius 2 is 2.16 bits per heavy atom. The van der Waals surface area contributed by atoms with Gasteiger partial charge in [0, 0.05) is 17.2 Å². The molecule has 102 valence electrons. The highest BCUT2D eigenvalue weighted by Gasteiger charge is 2.21. The molecule has 1 heterocycles. The first-order valence-electron chi connectivity index (χ1n) is 5.97. The molecule has 2 aromatic rings. The first-order chi connectivity index (χ1) is 9.17. The van der Waals surface area contributed by atoms with Gasteiger partial charge in [0.15, 0.2) is 4.67 Å². The molecule has 0 aliphatic rings. The monoisotopic (exact) mass is 327 g/mol. The van der Waals surface area contributed by atoms with E-state index in [1.807, 2.05) is 13.0 Å². The van der Waals surface area contributed by atoms with Crippen molar-refractivity contribution in [2.24, 2.45) is 0 Å². The van der Waals surface area contributed by atoms with Crippen LogP contribution < -0.4 is 10.1 Å². The van der Waals surface area contributed by atoms with E-state index in [1.54, 1.807) is 18.4 Å². The summed E-state index contributed by atoms with van der Waals surface area (Å²) in [6.45, 7) is 2.69. The van der Waals surface area contributed by atoms with Gasteiger partial charge in [-0.25, -0.2) is 4.39 Å². The fourth-order valence-corrected chi connectivity index (χ4v) is 2.44. The third kappa shape index (κ3) is 2.98. The quantitative estimate of drug-likeness (QED) is 0.904. The number of hydrogen-bond donors (Lipinski definition) is 1. The molecule has 0 fully saturated rings. The van der Waals surface area contributed by atoms with E-state index in [4.69, 9.17) is 9.15 Å². The summed E-state index contributed by atoms with van der Waals surface area (Å²) in [5.41, 5.74) is 1.43. The molecule has 1 aromatic heterocycles. The van der Waals surface area contributed by atoms with Crippen LogP contribution in [-0.2, 0) is 0 Å². The van der Waals surface area contributed by atoms with Crippen molar-refractivity contribution in [3.8, 4) is 5.75 Å². The Morgan fingerprint density at radius 3 is 2.68 bits per heavy atom. The minimum atomic E-state index is -0.307. The first kappa shape index (κ1) is 14.1. The second-order valence-electron chi connectivity index (χ2n) is 4.03. The summed E-state index contributed by atoms with van der Waals surface area (Å²) in [5.74, 6) is 0.196. The van der Waals surface area contributed by atoms with Crippen LogP contribution in [0.2, 0.25) is 0 Å². The third-order valence-corrected chi connectivity index (χ3v) is 3.53. The molecule has 1 unspecified atom stereocenters. The van der Waals surface area contributed by atoms with Gasteiger partial charge in [0.25, 0.3) is 0 Å². The van der Waals surface area contributed by atoms with Gasteiger partial charge in [-0.3, -0.25) is 0 Å². The maximum absolute atomic E-state index is 14.2. The maximum Gasteiger partial charge on any atom is 0.174 e. The molecule has 0 aliphatic heterocycles. The van der Waals surface area contributed by atoms with Gasteiger partial charge in [0.05, 0.1) is 19.4 Å². The van der Waals surface area contributed by atoms with Gasteiger partial charge in [0.1, 0.15) is 11.6 Å². The van der Waals surface area contributed by atoms with Crippen molar-refractivity contribution < 1.29 is 13.5 Å². The van der Waals surface area contributed by atoms with Crippen molar-refractivity contribution in [1.29, 1.82) is 0 Å². The highest BCUT2D eigenvalue weighted by atomic mass is 79.9. The van der Waals surface area contributed by atoms with E-state index in [0.717, 1.165) is 5.56 Å². The predicted octanol–water partition coefficient (Wildman–Crippen LogP) is 3.89. The zero-order valence-corrected chi connectivity index (χ0v) is 12.3. The van der Waals surface area contributed by atoms with Crippen LogP contribution in [0.15, 0.2) is 39.6 Å². The molecule has 0 bridgehead atoms. The minimum absolute atomic E-state index is 0.260. The van der Waals surface area contributed by atoms with Crippen molar-refractivity contribution >= 4 is 15.9 Å². The van der Waals surface area contributed by atoms with Crippen molar-refractivity contribution in [3.63, 3.8) is 0 Å². The van der Waals surface area contributed by atoms with Gasteiger partial charge >= 0.3 is 0 Å². The van der Waals surface area contributed by atoms with Crippen LogP contribution in [0.3, 0.4) is 0 Å². The number of furan rings is 1. The number of methoxy groups -OCH3 is 1. The molecule has 0 saturated carbocycles. The van der Waals surface area contributed by atoms with Crippen LogP contribution in [-0.4, -0.2) is 13.7 Å². The van der Waals surface area contributed by atoms with E-state index in [-0.39, 0.29) is 11.9 Å². The molecule has 0 radical (unpaired) electrons. The summed E-state index contributed by atoms with van der Waals surface area (Å²) in [6.07, 6.45) is 1.57. The Bertz CT molecular complexity index is 556. The highest BCUT2D eigenvalue weighted by Crippen LogP contribution is 2.32. The third-order valence-electron chi connectivity index (χ3n) is 2.88. The van der Waals surface area contributed by atoms with Gasteiger partial charge in [-0.1, -0.05) is 13.0 Å². The average molecular weight is 328 g/mol. The molecular formula is C14H15BrFNO2. The number of nitrogens with one attached hydrogen (secondary N) is 1. The molecule has 3 nitrogen and oxygen atoms in total. The van der Waals surface area contributed by atoms with E-state index < -0.39 is 0 Å². The van der Waals surface area contributed by atoms with Gasteiger partial charge in [-0.15, -0.1) is 0 Å². The molecule has 0 saturated heterocycles. The lowest BCUT2D eigenvalue weighted by Gasteiger charge is -2.18. The second-order valence-corrected chi connectivity index (χ2v) is 4.75. The molecule has 1 aromatic carbocycles. The summed E-state index contributed by atoms with van der Waals surface area (Å²) >= 11 is 3.33. The maximum atomic E-state index is 14.2. The Morgan fingerprint density at radius 1 is 1.37 bits per heavy atom. The van der Waals surface area contributed by atoms with Crippen LogP contribution in [0.25, 0.3) is 0 Å². The Labute approximate surface area is 119 Å². The van der Waals surface area contributed by atoms with E-state index in [1.165, 1.54) is 13.2 Å². The summed E-state index contributed by atoms with van der Waals surface area (Å²) in [6, 6.07) is 6.41. The average Bonchev–Trinajstić information content (AvgIpc) is 2.82. The molecule has 1 atom stereocenters. The predicted molar refractivity (Wildman–Crippen MR) is 74.9 cm³/mol. The standard InChI is InChI=1S/C14H15BrFNO2/c1-3-17-13(11-6-7-19-14(11)15)10-5-4-9(18-2)8-12(10)16/h4-8,13,17H,3H2,1-2H3.